The van der Waals surface area contributed by atoms with E-state index in [4.69, 9.17) is 0 Å². The second-order valence-corrected chi connectivity index (χ2v) is 8.83. The summed E-state index contributed by atoms with van der Waals surface area (Å²) < 4.78 is 26.9. The fourth-order valence-electron chi connectivity index (χ4n) is 4.93. The first-order valence-corrected chi connectivity index (χ1v) is 11.5. The maximum atomic E-state index is 13.4. The highest BCUT2D eigenvalue weighted by Crippen LogP contribution is 2.38. The van der Waals surface area contributed by atoms with E-state index in [1.165, 1.54) is 6.07 Å². The largest absolute Gasteiger partial charge is 0.385 e. The molecule has 4 nitrogen and oxygen atoms in total. The molecule has 34 heavy (non-hydrogen) atoms. The number of carbonyl (C=O) groups is 1. The first-order valence-electron chi connectivity index (χ1n) is 11.5. The van der Waals surface area contributed by atoms with Crippen molar-refractivity contribution >= 4 is 23.4 Å². The van der Waals surface area contributed by atoms with Crippen LogP contribution in [0, 0.1) is 0 Å². The Morgan fingerprint density at radius 2 is 1.59 bits per heavy atom. The summed E-state index contributed by atoms with van der Waals surface area (Å²) >= 11 is 0. The van der Waals surface area contributed by atoms with Crippen LogP contribution in [-0.4, -0.2) is 35.5 Å². The normalized spacial score (nSPS) is 17.1. The van der Waals surface area contributed by atoms with Gasteiger partial charge in [-0.05, 0) is 54.3 Å². The van der Waals surface area contributed by atoms with Crippen LogP contribution in [0.2, 0.25) is 0 Å². The molecule has 0 unspecified atom stereocenters. The van der Waals surface area contributed by atoms with Gasteiger partial charge in [0.15, 0.2) is 0 Å². The van der Waals surface area contributed by atoms with Gasteiger partial charge in [0.05, 0.1) is 5.60 Å². The molecule has 0 bridgehead atoms. The molecule has 3 aromatic carbocycles. The zero-order chi connectivity index (χ0) is 23.7. The molecule has 0 saturated carbocycles. The van der Waals surface area contributed by atoms with Crippen LogP contribution in [-0.2, 0) is 5.60 Å². The van der Waals surface area contributed by atoms with Crippen LogP contribution in [0.25, 0.3) is 6.08 Å². The van der Waals surface area contributed by atoms with Gasteiger partial charge in [-0.1, -0.05) is 54.6 Å². The van der Waals surface area contributed by atoms with Crippen LogP contribution < -0.4 is 4.90 Å². The molecule has 0 aliphatic carbocycles. The first kappa shape index (κ1) is 22.3. The third kappa shape index (κ3) is 4.10. The van der Waals surface area contributed by atoms with E-state index >= 15 is 0 Å². The Balaban J connectivity index is 1.28. The molecule has 5 rings (SSSR count). The Bertz CT molecular complexity index is 1220. The lowest BCUT2D eigenvalue weighted by atomic mass is 9.82. The Morgan fingerprint density at radius 1 is 0.912 bits per heavy atom. The summed E-state index contributed by atoms with van der Waals surface area (Å²) in [5.74, 6) is -0.116. The Labute approximate surface area is 197 Å². The smallest absolute Gasteiger partial charge is 0.264 e. The lowest BCUT2D eigenvalue weighted by Crippen LogP contribution is -2.45. The van der Waals surface area contributed by atoms with Crippen LogP contribution in [0.5, 0.6) is 0 Å². The van der Waals surface area contributed by atoms with E-state index in [0.29, 0.717) is 18.7 Å². The van der Waals surface area contributed by atoms with E-state index < -0.39 is 12.0 Å². The standard InChI is InChI=1S/C28H26F2N2O2/c29-26(30)23-8-2-3-9-24(23)28(34)15-18-31(19-16-28)27(33)21-11-13-22(14-12-21)32-17-5-7-20-6-1-4-10-25(20)32/h1-14,26,34H,15-19H2. The maximum absolute atomic E-state index is 13.4. The van der Waals surface area contributed by atoms with Crippen molar-refractivity contribution in [1.29, 1.82) is 0 Å². The van der Waals surface area contributed by atoms with Gasteiger partial charge >= 0.3 is 0 Å². The zero-order valence-corrected chi connectivity index (χ0v) is 18.7. The summed E-state index contributed by atoms with van der Waals surface area (Å²) in [6.07, 6.45) is 2.01. The van der Waals surface area contributed by atoms with Crippen LogP contribution in [0.15, 0.2) is 78.9 Å². The molecule has 1 amide bonds. The number of benzene rings is 3. The fourth-order valence-corrected chi connectivity index (χ4v) is 4.93. The number of amides is 1. The van der Waals surface area contributed by atoms with Crippen LogP contribution >= 0.6 is 0 Å². The molecule has 174 valence electrons. The van der Waals surface area contributed by atoms with Crippen LogP contribution in [0.1, 0.15) is 46.3 Å². The number of hydrogen-bond acceptors (Lipinski definition) is 3. The van der Waals surface area contributed by atoms with Crippen molar-refractivity contribution in [1.82, 2.24) is 4.90 Å². The molecule has 2 aliphatic rings. The summed E-state index contributed by atoms with van der Waals surface area (Å²) in [5.41, 5.74) is 2.62. The van der Waals surface area contributed by atoms with Gasteiger partial charge in [-0.3, -0.25) is 4.79 Å². The predicted molar refractivity (Wildman–Crippen MR) is 129 cm³/mol. The third-order valence-corrected chi connectivity index (χ3v) is 6.81. The molecule has 2 heterocycles. The van der Waals surface area contributed by atoms with E-state index in [2.05, 4.69) is 29.2 Å². The summed E-state index contributed by atoms with van der Waals surface area (Å²) in [7, 11) is 0. The topological polar surface area (TPSA) is 43.8 Å². The van der Waals surface area contributed by atoms with Gasteiger partial charge < -0.3 is 14.9 Å². The molecular weight excluding hydrogens is 434 g/mol. The number of piperidine rings is 1. The van der Waals surface area contributed by atoms with Crippen molar-refractivity contribution in [2.75, 3.05) is 24.5 Å². The summed E-state index contributed by atoms with van der Waals surface area (Å²) in [6, 6.07) is 21.9. The molecule has 3 aromatic rings. The number of carbonyl (C=O) groups excluding carboxylic acids is 1. The van der Waals surface area contributed by atoms with Gasteiger partial charge in [0.25, 0.3) is 12.3 Å². The van der Waals surface area contributed by atoms with E-state index in [9.17, 15) is 18.7 Å². The lowest BCUT2D eigenvalue weighted by Gasteiger charge is -2.39. The minimum absolute atomic E-state index is 0.116. The number of halogens is 2. The second-order valence-electron chi connectivity index (χ2n) is 8.83. The monoisotopic (exact) mass is 460 g/mol. The number of alkyl halides is 2. The van der Waals surface area contributed by atoms with Crippen molar-refractivity contribution in [2.45, 2.75) is 24.9 Å². The van der Waals surface area contributed by atoms with Gasteiger partial charge in [-0.25, -0.2) is 8.78 Å². The van der Waals surface area contributed by atoms with Gasteiger partial charge in [-0.2, -0.15) is 0 Å². The molecule has 6 heteroatoms. The first-order chi connectivity index (χ1) is 16.5. The second kappa shape index (κ2) is 9.03. The quantitative estimate of drug-likeness (QED) is 0.526. The molecule has 0 atom stereocenters. The average molecular weight is 461 g/mol. The van der Waals surface area contributed by atoms with Crippen molar-refractivity contribution in [3.8, 4) is 0 Å². The number of hydrogen-bond donors (Lipinski definition) is 1. The number of para-hydroxylation sites is 1. The Kier molecular flexibility index (Phi) is 5.92. The maximum Gasteiger partial charge on any atom is 0.264 e. The number of fused-ring (bicyclic) bond motifs is 1. The number of nitrogens with zero attached hydrogens (tertiary/aromatic N) is 2. The SMILES string of the molecule is O=C(c1ccc(N2CC=Cc3ccccc32)cc1)N1CCC(O)(c2ccccc2C(F)F)CC1. The lowest BCUT2D eigenvalue weighted by molar-refractivity contribution is -0.0239. The highest BCUT2D eigenvalue weighted by molar-refractivity contribution is 5.95. The van der Waals surface area contributed by atoms with Gasteiger partial charge in [-0.15, -0.1) is 0 Å². The Morgan fingerprint density at radius 3 is 2.32 bits per heavy atom. The van der Waals surface area contributed by atoms with E-state index in [1.54, 1.807) is 23.1 Å². The van der Waals surface area contributed by atoms with Crippen molar-refractivity contribution < 1.29 is 18.7 Å². The third-order valence-electron chi connectivity index (χ3n) is 6.81. The number of anilines is 2. The molecular formula is C28H26F2N2O2. The molecule has 2 aliphatic heterocycles. The summed E-state index contributed by atoms with van der Waals surface area (Å²) in [5, 5.41) is 11.1. The number of likely N-dealkylation sites (tertiary alicyclic amines) is 1. The molecule has 0 spiro atoms. The Hall–Kier alpha value is -3.51. The highest BCUT2D eigenvalue weighted by Gasteiger charge is 2.38. The molecule has 1 saturated heterocycles. The number of aliphatic hydroxyl groups is 1. The zero-order valence-electron chi connectivity index (χ0n) is 18.7. The fraction of sp³-hybridized carbons (Fsp3) is 0.250. The van der Waals surface area contributed by atoms with Crippen molar-refractivity contribution in [3.05, 3.63) is 101 Å². The average Bonchev–Trinajstić information content (AvgIpc) is 2.88. The highest BCUT2D eigenvalue weighted by atomic mass is 19.3. The van der Waals surface area contributed by atoms with E-state index in [1.807, 2.05) is 36.4 Å². The minimum Gasteiger partial charge on any atom is -0.385 e. The summed E-state index contributed by atoms with van der Waals surface area (Å²) in [4.78, 5) is 17.0. The molecule has 0 radical (unpaired) electrons. The van der Waals surface area contributed by atoms with Gasteiger partial charge in [0.2, 0.25) is 0 Å². The van der Waals surface area contributed by atoms with E-state index in [0.717, 1.165) is 23.5 Å². The van der Waals surface area contributed by atoms with E-state index in [-0.39, 0.29) is 29.9 Å². The van der Waals surface area contributed by atoms with Crippen LogP contribution in [0.4, 0.5) is 20.2 Å². The van der Waals surface area contributed by atoms with Gasteiger partial charge in [0, 0.05) is 42.1 Å². The predicted octanol–water partition coefficient (Wildman–Crippen LogP) is 5.91. The van der Waals surface area contributed by atoms with Crippen molar-refractivity contribution in [3.63, 3.8) is 0 Å². The minimum atomic E-state index is -2.65. The van der Waals surface area contributed by atoms with Gasteiger partial charge in [0.1, 0.15) is 0 Å². The molecule has 1 fully saturated rings. The summed E-state index contributed by atoms with van der Waals surface area (Å²) in [6.45, 7) is 1.37. The molecule has 1 N–H and O–H groups in total. The molecule has 0 aromatic heterocycles. The number of rotatable bonds is 4. The van der Waals surface area contributed by atoms with Crippen LogP contribution in [0.3, 0.4) is 0 Å². The van der Waals surface area contributed by atoms with Crippen molar-refractivity contribution in [2.24, 2.45) is 0 Å².